The van der Waals surface area contributed by atoms with Crippen molar-refractivity contribution in [3.63, 3.8) is 0 Å². The SMILES string of the molecule is CCCCC1(C(=O)O)C[C@H]1c1cccc(C(=O)NCc2ccccc2)c1. The molecule has 26 heavy (non-hydrogen) atoms. The van der Waals surface area contributed by atoms with Crippen LogP contribution in [-0.4, -0.2) is 17.0 Å². The molecule has 0 spiro atoms. The number of carbonyl (C=O) groups excluding carboxylic acids is 1. The topological polar surface area (TPSA) is 66.4 Å². The van der Waals surface area contributed by atoms with Gasteiger partial charge in [0, 0.05) is 18.0 Å². The van der Waals surface area contributed by atoms with Gasteiger partial charge in [0.05, 0.1) is 5.41 Å². The molecular formula is C22H25NO3. The number of carbonyl (C=O) groups is 2. The van der Waals surface area contributed by atoms with Crippen LogP contribution in [0.4, 0.5) is 0 Å². The lowest BCUT2D eigenvalue weighted by Gasteiger charge is -2.12. The first-order valence-electron chi connectivity index (χ1n) is 9.22. The van der Waals surface area contributed by atoms with Gasteiger partial charge in [-0.2, -0.15) is 0 Å². The summed E-state index contributed by atoms with van der Waals surface area (Å²) in [5, 5.41) is 12.6. The van der Waals surface area contributed by atoms with Gasteiger partial charge in [0.15, 0.2) is 0 Å². The van der Waals surface area contributed by atoms with Crippen LogP contribution in [0, 0.1) is 5.41 Å². The molecule has 1 unspecified atom stereocenters. The third kappa shape index (κ3) is 3.79. The Morgan fingerprint density at radius 1 is 1.15 bits per heavy atom. The van der Waals surface area contributed by atoms with Crippen LogP contribution in [0.1, 0.15) is 60.0 Å². The molecule has 1 saturated carbocycles. The fourth-order valence-electron chi connectivity index (χ4n) is 3.63. The second kappa shape index (κ2) is 7.73. The summed E-state index contributed by atoms with van der Waals surface area (Å²) in [6, 6.07) is 17.2. The minimum atomic E-state index is -0.713. The van der Waals surface area contributed by atoms with Gasteiger partial charge in [-0.15, -0.1) is 0 Å². The highest BCUT2D eigenvalue weighted by molar-refractivity contribution is 5.94. The lowest BCUT2D eigenvalue weighted by molar-refractivity contribution is -0.143. The molecular weight excluding hydrogens is 326 g/mol. The summed E-state index contributed by atoms with van der Waals surface area (Å²) in [7, 11) is 0. The molecule has 2 aromatic rings. The van der Waals surface area contributed by atoms with Crippen LogP contribution in [-0.2, 0) is 11.3 Å². The van der Waals surface area contributed by atoms with E-state index in [9.17, 15) is 14.7 Å². The molecule has 136 valence electrons. The number of rotatable bonds is 8. The quantitative estimate of drug-likeness (QED) is 0.742. The highest BCUT2D eigenvalue weighted by atomic mass is 16.4. The largest absolute Gasteiger partial charge is 0.481 e. The molecule has 0 aliphatic heterocycles. The normalized spacial score (nSPS) is 21.2. The van der Waals surface area contributed by atoms with Crippen molar-refractivity contribution >= 4 is 11.9 Å². The van der Waals surface area contributed by atoms with Crippen molar-refractivity contribution in [1.29, 1.82) is 0 Å². The molecule has 0 bridgehead atoms. The molecule has 3 rings (SSSR count). The van der Waals surface area contributed by atoms with Gasteiger partial charge in [0.1, 0.15) is 0 Å². The number of aliphatic carboxylic acids is 1. The Morgan fingerprint density at radius 2 is 1.92 bits per heavy atom. The van der Waals surface area contributed by atoms with Gasteiger partial charge < -0.3 is 10.4 Å². The lowest BCUT2D eigenvalue weighted by Crippen LogP contribution is -2.23. The fraction of sp³-hybridized carbons (Fsp3) is 0.364. The van der Waals surface area contributed by atoms with E-state index in [4.69, 9.17) is 0 Å². The van der Waals surface area contributed by atoms with E-state index in [0.717, 1.165) is 24.0 Å². The Hall–Kier alpha value is -2.62. The van der Waals surface area contributed by atoms with Crippen molar-refractivity contribution in [2.75, 3.05) is 0 Å². The van der Waals surface area contributed by atoms with Crippen molar-refractivity contribution in [2.45, 2.75) is 45.1 Å². The van der Waals surface area contributed by atoms with Crippen LogP contribution in [0.5, 0.6) is 0 Å². The Morgan fingerprint density at radius 3 is 2.62 bits per heavy atom. The first kappa shape index (κ1) is 18.2. The molecule has 2 aromatic carbocycles. The Balaban J connectivity index is 1.68. The van der Waals surface area contributed by atoms with E-state index < -0.39 is 11.4 Å². The summed E-state index contributed by atoms with van der Waals surface area (Å²) in [5.74, 6) is -0.839. The van der Waals surface area contributed by atoms with E-state index in [1.807, 2.05) is 48.5 Å². The van der Waals surface area contributed by atoms with E-state index in [1.54, 1.807) is 6.07 Å². The van der Waals surface area contributed by atoms with Crippen LogP contribution in [0.3, 0.4) is 0 Å². The van der Waals surface area contributed by atoms with Crippen LogP contribution in [0.25, 0.3) is 0 Å². The van der Waals surface area contributed by atoms with Crippen LogP contribution < -0.4 is 5.32 Å². The van der Waals surface area contributed by atoms with Crippen LogP contribution in [0.15, 0.2) is 54.6 Å². The molecule has 2 N–H and O–H groups in total. The number of carboxylic acids is 1. The Kier molecular flexibility index (Phi) is 5.40. The molecule has 0 radical (unpaired) electrons. The third-order valence-corrected chi connectivity index (χ3v) is 5.32. The second-order valence-electron chi connectivity index (χ2n) is 7.12. The standard InChI is InChI=1S/C22H25NO3/c1-2-3-12-22(21(25)26)14-19(22)17-10-7-11-18(13-17)20(24)23-15-16-8-5-4-6-9-16/h4-11,13,19H,2-3,12,14-15H2,1H3,(H,23,24)(H,25,26)/t19-,22?/m0/s1. The molecule has 1 fully saturated rings. The van der Waals surface area contributed by atoms with E-state index in [-0.39, 0.29) is 11.8 Å². The maximum Gasteiger partial charge on any atom is 0.310 e. The lowest BCUT2D eigenvalue weighted by atomic mass is 9.92. The molecule has 1 aliphatic carbocycles. The highest BCUT2D eigenvalue weighted by Gasteiger charge is 2.60. The molecule has 0 saturated heterocycles. The number of benzene rings is 2. The second-order valence-corrected chi connectivity index (χ2v) is 7.12. The Labute approximate surface area is 154 Å². The van der Waals surface area contributed by atoms with E-state index in [1.165, 1.54) is 0 Å². The number of unbranched alkanes of at least 4 members (excludes halogenated alkanes) is 1. The zero-order valence-corrected chi connectivity index (χ0v) is 15.1. The van der Waals surface area contributed by atoms with Gasteiger partial charge in [-0.1, -0.05) is 62.2 Å². The number of amides is 1. The average Bonchev–Trinajstić information content (AvgIpc) is 3.41. The first-order valence-corrected chi connectivity index (χ1v) is 9.22. The summed E-state index contributed by atoms with van der Waals surface area (Å²) in [5.41, 5.74) is 1.94. The summed E-state index contributed by atoms with van der Waals surface area (Å²) >= 11 is 0. The summed E-state index contributed by atoms with van der Waals surface area (Å²) in [6.45, 7) is 2.55. The highest BCUT2D eigenvalue weighted by Crippen LogP contribution is 2.62. The van der Waals surface area contributed by atoms with Crippen LogP contribution in [0.2, 0.25) is 0 Å². The van der Waals surface area contributed by atoms with Crippen molar-refractivity contribution in [2.24, 2.45) is 5.41 Å². The maximum atomic E-state index is 12.5. The zero-order valence-electron chi connectivity index (χ0n) is 15.1. The smallest absolute Gasteiger partial charge is 0.310 e. The molecule has 2 atom stereocenters. The van der Waals surface area contributed by atoms with Gasteiger partial charge >= 0.3 is 5.97 Å². The van der Waals surface area contributed by atoms with Gasteiger partial charge in [-0.05, 0) is 36.1 Å². The number of nitrogens with one attached hydrogen (secondary N) is 1. The Bertz CT molecular complexity index is 787. The summed E-state index contributed by atoms with van der Waals surface area (Å²) in [6.07, 6.45) is 3.27. The monoisotopic (exact) mass is 351 g/mol. The summed E-state index contributed by atoms with van der Waals surface area (Å²) in [4.78, 5) is 24.2. The van der Waals surface area contributed by atoms with Gasteiger partial charge in [-0.25, -0.2) is 0 Å². The van der Waals surface area contributed by atoms with Gasteiger partial charge in [0.2, 0.25) is 0 Å². The number of carboxylic acid groups (broad SMARTS) is 1. The zero-order chi connectivity index (χ0) is 18.6. The molecule has 4 nitrogen and oxygen atoms in total. The average molecular weight is 351 g/mol. The van der Waals surface area contributed by atoms with Crippen molar-refractivity contribution in [3.05, 3.63) is 71.3 Å². The number of hydrogen-bond donors (Lipinski definition) is 2. The molecule has 1 aliphatic rings. The molecule has 0 aromatic heterocycles. The van der Waals surface area contributed by atoms with Crippen LogP contribution >= 0.6 is 0 Å². The molecule has 1 amide bonds. The van der Waals surface area contributed by atoms with Gasteiger partial charge in [-0.3, -0.25) is 9.59 Å². The van der Waals surface area contributed by atoms with E-state index >= 15 is 0 Å². The van der Waals surface area contributed by atoms with E-state index in [0.29, 0.717) is 24.9 Å². The van der Waals surface area contributed by atoms with E-state index in [2.05, 4.69) is 12.2 Å². The van der Waals surface area contributed by atoms with Crippen molar-refractivity contribution < 1.29 is 14.7 Å². The minimum absolute atomic E-state index is 0.00780. The number of hydrogen-bond acceptors (Lipinski definition) is 2. The predicted molar refractivity (Wildman–Crippen MR) is 101 cm³/mol. The maximum absolute atomic E-state index is 12.5. The summed E-state index contributed by atoms with van der Waals surface area (Å²) < 4.78 is 0. The molecule has 4 heteroatoms. The third-order valence-electron chi connectivity index (χ3n) is 5.32. The fourth-order valence-corrected chi connectivity index (χ4v) is 3.63. The first-order chi connectivity index (χ1) is 12.6. The van der Waals surface area contributed by atoms with Crippen molar-refractivity contribution in [3.8, 4) is 0 Å². The van der Waals surface area contributed by atoms with Crippen molar-refractivity contribution in [1.82, 2.24) is 5.32 Å². The molecule has 0 heterocycles. The minimum Gasteiger partial charge on any atom is -0.481 e. The van der Waals surface area contributed by atoms with Gasteiger partial charge in [0.25, 0.3) is 5.91 Å². The predicted octanol–water partition coefficient (Wildman–Crippen LogP) is 4.37.